The number of nitrogens with zero attached hydrogens (tertiary/aromatic N) is 1. The second-order valence-corrected chi connectivity index (χ2v) is 4.47. The maximum absolute atomic E-state index is 13.5. The van der Waals surface area contributed by atoms with E-state index >= 15 is 0 Å². The molecule has 0 unspecified atom stereocenters. The lowest BCUT2D eigenvalue weighted by atomic mass is 10.00. The van der Waals surface area contributed by atoms with E-state index in [0.717, 1.165) is 22.4 Å². The fraction of sp³-hybridized carbons (Fsp3) is 0.231. The molecule has 1 aromatic heterocycles. The normalized spacial score (nSPS) is 10.6. The van der Waals surface area contributed by atoms with Crippen LogP contribution < -0.4 is 0 Å². The van der Waals surface area contributed by atoms with Crippen LogP contribution in [0, 0.1) is 31.2 Å². The molecule has 0 bridgehead atoms. The Kier molecular flexibility index (Phi) is 3.07. The van der Waals surface area contributed by atoms with Crippen molar-refractivity contribution in [3.05, 3.63) is 45.3 Å². The van der Waals surface area contributed by atoms with Gasteiger partial charge in [0, 0.05) is 5.56 Å². The summed E-state index contributed by atoms with van der Waals surface area (Å²) in [4.78, 5) is 0. The molecular weight excluding hydrogens is 235 g/mol. The topological polar surface area (TPSA) is 28.7 Å². The first-order valence-electron chi connectivity index (χ1n) is 5.33. The summed E-state index contributed by atoms with van der Waals surface area (Å²) >= 11 is 5.12. The van der Waals surface area contributed by atoms with Gasteiger partial charge in [0.15, 0.2) is 0 Å². The van der Waals surface area contributed by atoms with Gasteiger partial charge in [-0.05, 0) is 43.5 Å². The Morgan fingerprint density at radius 1 is 1.12 bits per heavy atom. The molecule has 0 saturated heterocycles. The number of benzene rings is 1. The molecule has 1 aromatic carbocycles. The quantitative estimate of drug-likeness (QED) is 0.776. The van der Waals surface area contributed by atoms with Gasteiger partial charge >= 0.3 is 0 Å². The molecule has 88 valence electrons. The van der Waals surface area contributed by atoms with E-state index < -0.39 is 0 Å². The van der Waals surface area contributed by atoms with Crippen molar-refractivity contribution >= 4 is 12.2 Å². The van der Waals surface area contributed by atoms with Crippen LogP contribution in [0.3, 0.4) is 0 Å². The Hall–Kier alpha value is -1.55. The molecule has 4 heteroatoms. The van der Waals surface area contributed by atoms with E-state index in [0.29, 0.717) is 10.2 Å². The number of rotatable bonds is 1. The van der Waals surface area contributed by atoms with Gasteiger partial charge in [-0.3, -0.25) is 5.10 Å². The minimum absolute atomic E-state index is 0.219. The van der Waals surface area contributed by atoms with E-state index in [1.165, 1.54) is 6.07 Å². The zero-order valence-corrected chi connectivity index (χ0v) is 10.8. The lowest BCUT2D eigenvalue weighted by molar-refractivity contribution is 0.619. The molecule has 0 aliphatic carbocycles. The van der Waals surface area contributed by atoms with E-state index in [9.17, 15) is 4.39 Å². The third-order valence-corrected chi connectivity index (χ3v) is 3.45. The second kappa shape index (κ2) is 4.37. The van der Waals surface area contributed by atoms with Crippen molar-refractivity contribution in [2.45, 2.75) is 20.8 Å². The standard InChI is InChI=1S/C13H13FN2S/c1-7-8(2)13(17)16-15-12(7)10-5-4-6-11(14)9(10)3/h4-6H,1-3H3,(H,16,17). The first-order valence-corrected chi connectivity index (χ1v) is 5.74. The van der Waals surface area contributed by atoms with Gasteiger partial charge in [-0.1, -0.05) is 24.4 Å². The van der Waals surface area contributed by atoms with Gasteiger partial charge in [0.2, 0.25) is 0 Å². The van der Waals surface area contributed by atoms with Gasteiger partial charge in [0.1, 0.15) is 10.5 Å². The largest absolute Gasteiger partial charge is 0.267 e. The van der Waals surface area contributed by atoms with Crippen molar-refractivity contribution in [2.24, 2.45) is 0 Å². The first kappa shape index (κ1) is 11.9. The monoisotopic (exact) mass is 248 g/mol. The van der Waals surface area contributed by atoms with Crippen molar-refractivity contribution < 1.29 is 4.39 Å². The molecule has 0 fully saturated rings. The summed E-state index contributed by atoms with van der Waals surface area (Å²) < 4.78 is 14.1. The smallest absolute Gasteiger partial charge is 0.126 e. The van der Waals surface area contributed by atoms with E-state index in [2.05, 4.69) is 10.2 Å². The Morgan fingerprint density at radius 3 is 2.53 bits per heavy atom. The van der Waals surface area contributed by atoms with Crippen molar-refractivity contribution in [3.63, 3.8) is 0 Å². The van der Waals surface area contributed by atoms with Gasteiger partial charge in [0.25, 0.3) is 0 Å². The summed E-state index contributed by atoms with van der Waals surface area (Å²) in [7, 11) is 0. The van der Waals surface area contributed by atoms with E-state index in [4.69, 9.17) is 12.2 Å². The Bertz CT molecular complexity index is 632. The molecule has 0 radical (unpaired) electrons. The van der Waals surface area contributed by atoms with Crippen LogP contribution in [-0.2, 0) is 0 Å². The fourth-order valence-electron chi connectivity index (χ4n) is 1.75. The Morgan fingerprint density at radius 2 is 1.82 bits per heavy atom. The number of hydrogen-bond donors (Lipinski definition) is 1. The SMILES string of the molecule is Cc1c(F)cccc1-c1n[nH]c(=S)c(C)c1C. The Labute approximate surface area is 105 Å². The number of aromatic amines is 1. The highest BCUT2D eigenvalue weighted by atomic mass is 32.1. The minimum Gasteiger partial charge on any atom is -0.267 e. The predicted octanol–water partition coefficient (Wildman–Crippen LogP) is 3.87. The highest BCUT2D eigenvalue weighted by molar-refractivity contribution is 7.71. The van der Waals surface area contributed by atoms with Crippen molar-refractivity contribution in [2.75, 3.05) is 0 Å². The average Bonchev–Trinajstić information content (AvgIpc) is 2.31. The summed E-state index contributed by atoms with van der Waals surface area (Å²) in [5.41, 5.74) is 4.13. The summed E-state index contributed by atoms with van der Waals surface area (Å²) in [6.07, 6.45) is 0. The van der Waals surface area contributed by atoms with Crippen LogP contribution in [0.4, 0.5) is 4.39 Å². The molecule has 2 rings (SSSR count). The summed E-state index contributed by atoms with van der Waals surface area (Å²) in [5.74, 6) is -0.219. The second-order valence-electron chi connectivity index (χ2n) is 4.06. The maximum Gasteiger partial charge on any atom is 0.126 e. The number of nitrogens with one attached hydrogen (secondary N) is 1. The Balaban J connectivity index is 2.74. The van der Waals surface area contributed by atoms with Crippen molar-refractivity contribution in [1.82, 2.24) is 10.2 Å². The molecule has 0 aliphatic heterocycles. The molecule has 1 heterocycles. The van der Waals surface area contributed by atoms with Crippen LogP contribution in [-0.4, -0.2) is 10.2 Å². The van der Waals surface area contributed by atoms with Gasteiger partial charge in [-0.2, -0.15) is 5.10 Å². The van der Waals surface area contributed by atoms with Crippen LogP contribution in [0.5, 0.6) is 0 Å². The molecule has 0 amide bonds. The van der Waals surface area contributed by atoms with Gasteiger partial charge in [-0.15, -0.1) is 0 Å². The zero-order valence-electron chi connectivity index (χ0n) is 9.97. The molecule has 2 nitrogen and oxygen atoms in total. The predicted molar refractivity (Wildman–Crippen MR) is 69.0 cm³/mol. The molecule has 0 saturated carbocycles. The highest BCUT2D eigenvalue weighted by Gasteiger charge is 2.11. The lowest BCUT2D eigenvalue weighted by Gasteiger charge is -2.10. The molecule has 0 atom stereocenters. The van der Waals surface area contributed by atoms with E-state index in [1.807, 2.05) is 19.9 Å². The average molecular weight is 248 g/mol. The zero-order chi connectivity index (χ0) is 12.6. The van der Waals surface area contributed by atoms with Crippen LogP contribution in [0.25, 0.3) is 11.3 Å². The van der Waals surface area contributed by atoms with Gasteiger partial charge in [0.05, 0.1) is 5.69 Å². The fourth-order valence-corrected chi connectivity index (χ4v) is 1.95. The molecular formula is C13H13FN2S. The molecule has 2 aromatic rings. The molecule has 1 N–H and O–H groups in total. The number of hydrogen-bond acceptors (Lipinski definition) is 2. The number of aromatic nitrogens is 2. The van der Waals surface area contributed by atoms with Gasteiger partial charge in [-0.25, -0.2) is 4.39 Å². The maximum atomic E-state index is 13.5. The van der Waals surface area contributed by atoms with Crippen LogP contribution in [0.2, 0.25) is 0 Å². The molecule has 17 heavy (non-hydrogen) atoms. The first-order chi connectivity index (χ1) is 8.02. The van der Waals surface area contributed by atoms with Crippen molar-refractivity contribution in [1.29, 1.82) is 0 Å². The van der Waals surface area contributed by atoms with Gasteiger partial charge < -0.3 is 0 Å². The summed E-state index contributed by atoms with van der Waals surface area (Å²) in [5, 5.41) is 7.01. The third kappa shape index (κ3) is 2.00. The van der Waals surface area contributed by atoms with Crippen molar-refractivity contribution in [3.8, 4) is 11.3 Å². The van der Waals surface area contributed by atoms with Crippen LogP contribution in [0.15, 0.2) is 18.2 Å². The lowest BCUT2D eigenvalue weighted by Crippen LogP contribution is -1.98. The molecule has 0 aliphatic rings. The van der Waals surface area contributed by atoms with E-state index in [-0.39, 0.29) is 5.82 Å². The summed E-state index contributed by atoms with van der Waals surface area (Å²) in [6.45, 7) is 5.64. The molecule has 0 spiro atoms. The van der Waals surface area contributed by atoms with Crippen LogP contribution >= 0.6 is 12.2 Å². The number of H-pyrrole nitrogens is 1. The van der Waals surface area contributed by atoms with Crippen LogP contribution in [0.1, 0.15) is 16.7 Å². The third-order valence-electron chi connectivity index (χ3n) is 3.05. The number of halogens is 1. The minimum atomic E-state index is -0.219. The summed E-state index contributed by atoms with van der Waals surface area (Å²) in [6, 6.07) is 5.01. The van der Waals surface area contributed by atoms with E-state index in [1.54, 1.807) is 13.0 Å². The highest BCUT2D eigenvalue weighted by Crippen LogP contribution is 2.27.